The molecular formula is C26H37ClN4O3. The molecule has 34 heavy (non-hydrogen) atoms. The van der Waals surface area contributed by atoms with Gasteiger partial charge in [0.15, 0.2) is 0 Å². The van der Waals surface area contributed by atoms with Gasteiger partial charge in [0.1, 0.15) is 5.82 Å². The van der Waals surface area contributed by atoms with Crippen molar-refractivity contribution in [1.29, 1.82) is 0 Å². The standard InChI is InChI=1S/C26H37ClN4O3/c1-33-14-11-28-20-5-7-21(8-6-20)31-25-16-23(24(27)17-29-25)19-3-2-4-22(15-19)30-18-26(32)9-12-34-13-10-26/h2-4,15-17,20-21,28,30,32H,5-14,18H2,1H3,(H,29,31). The predicted octanol–water partition coefficient (Wildman–Crippen LogP) is 4.31. The molecule has 0 atom stereocenters. The van der Waals surface area contributed by atoms with Gasteiger partial charge in [-0.3, -0.25) is 0 Å². The van der Waals surface area contributed by atoms with Crippen molar-refractivity contribution in [2.24, 2.45) is 0 Å². The van der Waals surface area contributed by atoms with Crippen LogP contribution in [0.4, 0.5) is 11.5 Å². The van der Waals surface area contributed by atoms with E-state index in [-0.39, 0.29) is 0 Å². The maximum absolute atomic E-state index is 10.7. The van der Waals surface area contributed by atoms with E-state index < -0.39 is 5.60 Å². The molecule has 2 heterocycles. The number of aliphatic hydroxyl groups is 1. The van der Waals surface area contributed by atoms with Crippen molar-refractivity contribution < 1.29 is 14.6 Å². The summed E-state index contributed by atoms with van der Waals surface area (Å²) >= 11 is 6.54. The average Bonchev–Trinajstić information content (AvgIpc) is 2.86. The molecule has 186 valence electrons. The van der Waals surface area contributed by atoms with Crippen molar-refractivity contribution in [1.82, 2.24) is 10.3 Å². The Morgan fingerprint density at radius 1 is 1.15 bits per heavy atom. The number of halogens is 1. The first-order valence-corrected chi connectivity index (χ1v) is 12.7. The largest absolute Gasteiger partial charge is 0.388 e. The Morgan fingerprint density at radius 2 is 1.91 bits per heavy atom. The third-order valence-corrected chi connectivity index (χ3v) is 7.19. The number of nitrogens with zero attached hydrogens (tertiary/aromatic N) is 1. The normalized spacial score (nSPS) is 22.3. The summed E-state index contributed by atoms with van der Waals surface area (Å²) in [6.07, 6.45) is 7.53. The molecule has 8 heteroatoms. The fraction of sp³-hybridized carbons (Fsp3) is 0.577. The molecule has 4 N–H and O–H groups in total. The number of anilines is 2. The molecule has 0 amide bonds. The molecule has 0 bridgehead atoms. The molecule has 1 saturated carbocycles. The number of nitrogens with one attached hydrogen (secondary N) is 3. The van der Waals surface area contributed by atoms with Crippen molar-refractivity contribution in [2.75, 3.05) is 50.7 Å². The first-order chi connectivity index (χ1) is 16.5. The zero-order chi connectivity index (χ0) is 23.8. The van der Waals surface area contributed by atoms with E-state index >= 15 is 0 Å². The van der Waals surface area contributed by atoms with Gasteiger partial charge < -0.3 is 30.5 Å². The molecule has 2 fully saturated rings. The molecule has 1 aliphatic carbocycles. The summed E-state index contributed by atoms with van der Waals surface area (Å²) < 4.78 is 10.5. The van der Waals surface area contributed by atoms with Crippen LogP contribution in [-0.4, -0.2) is 67.8 Å². The van der Waals surface area contributed by atoms with Gasteiger partial charge in [0.2, 0.25) is 0 Å². The molecular weight excluding hydrogens is 452 g/mol. The van der Waals surface area contributed by atoms with Gasteiger partial charge in [-0.15, -0.1) is 0 Å². The summed E-state index contributed by atoms with van der Waals surface area (Å²) in [7, 11) is 1.74. The summed E-state index contributed by atoms with van der Waals surface area (Å²) in [6, 6.07) is 11.2. The Kier molecular flexibility index (Phi) is 9.03. The van der Waals surface area contributed by atoms with Gasteiger partial charge in [-0.05, 0) is 49.4 Å². The number of benzene rings is 1. The predicted molar refractivity (Wildman–Crippen MR) is 138 cm³/mol. The van der Waals surface area contributed by atoms with E-state index in [0.717, 1.165) is 61.5 Å². The summed E-state index contributed by atoms with van der Waals surface area (Å²) in [6.45, 7) is 3.37. The Labute approximate surface area is 207 Å². The number of pyridine rings is 1. The first kappa shape index (κ1) is 25.2. The maximum atomic E-state index is 10.7. The van der Waals surface area contributed by atoms with E-state index in [0.29, 0.717) is 49.7 Å². The molecule has 0 unspecified atom stereocenters. The van der Waals surface area contributed by atoms with Crippen LogP contribution in [0.15, 0.2) is 36.5 Å². The van der Waals surface area contributed by atoms with Gasteiger partial charge in [-0.25, -0.2) is 4.98 Å². The minimum Gasteiger partial charge on any atom is -0.388 e. The lowest BCUT2D eigenvalue weighted by Gasteiger charge is -2.32. The number of methoxy groups -OCH3 is 1. The van der Waals surface area contributed by atoms with E-state index in [1.165, 1.54) is 0 Å². The van der Waals surface area contributed by atoms with Crippen LogP contribution in [0.25, 0.3) is 11.1 Å². The van der Waals surface area contributed by atoms with Crippen LogP contribution >= 0.6 is 11.6 Å². The van der Waals surface area contributed by atoms with Gasteiger partial charge >= 0.3 is 0 Å². The quantitative estimate of drug-likeness (QED) is 0.370. The highest BCUT2D eigenvalue weighted by molar-refractivity contribution is 6.33. The van der Waals surface area contributed by atoms with Crippen LogP contribution in [0.5, 0.6) is 0 Å². The van der Waals surface area contributed by atoms with Crippen molar-refractivity contribution in [3.63, 3.8) is 0 Å². The van der Waals surface area contributed by atoms with Gasteiger partial charge in [-0.2, -0.15) is 0 Å². The molecule has 1 aliphatic heterocycles. The van der Waals surface area contributed by atoms with Gasteiger partial charge in [0.25, 0.3) is 0 Å². The Hall–Kier alpha value is -1.90. The second kappa shape index (κ2) is 12.2. The number of ether oxygens (including phenoxy) is 2. The molecule has 4 rings (SSSR count). The van der Waals surface area contributed by atoms with Gasteiger partial charge in [0.05, 0.1) is 17.2 Å². The molecule has 1 saturated heterocycles. The van der Waals surface area contributed by atoms with Crippen LogP contribution in [0, 0.1) is 0 Å². The lowest BCUT2D eigenvalue weighted by Crippen LogP contribution is -2.42. The van der Waals surface area contributed by atoms with Crippen molar-refractivity contribution in [3.05, 3.63) is 41.6 Å². The summed E-state index contributed by atoms with van der Waals surface area (Å²) in [5.74, 6) is 0.852. The minimum atomic E-state index is -0.724. The van der Waals surface area contributed by atoms with E-state index in [1.807, 2.05) is 18.2 Å². The van der Waals surface area contributed by atoms with Crippen LogP contribution in [0.3, 0.4) is 0 Å². The molecule has 2 aromatic rings. The van der Waals surface area contributed by atoms with E-state index in [9.17, 15) is 5.11 Å². The molecule has 1 aromatic heterocycles. The van der Waals surface area contributed by atoms with Crippen molar-refractivity contribution >= 4 is 23.1 Å². The van der Waals surface area contributed by atoms with Crippen LogP contribution in [-0.2, 0) is 9.47 Å². The Bertz CT molecular complexity index is 915. The molecule has 0 spiro atoms. The monoisotopic (exact) mass is 488 g/mol. The maximum Gasteiger partial charge on any atom is 0.126 e. The van der Waals surface area contributed by atoms with Gasteiger partial charge in [-0.1, -0.05) is 23.7 Å². The number of hydrogen-bond donors (Lipinski definition) is 4. The third kappa shape index (κ3) is 7.06. The molecule has 0 radical (unpaired) electrons. The van der Waals surface area contributed by atoms with E-state index in [4.69, 9.17) is 21.1 Å². The second-order valence-corrected chi connectivity index (χ2v) is 9.87. The second-order valence-electron chi connectivity index (χ2n) is 9.46. The summed E-state index contributed by atoms with van der Waals surface area (Å²) in [5, 5.41) is 21.9. The lowest BCUT2D eigenvalue weighted by atomic mass is 9.91. The van der Waals surface area contributed by atoms with Crippen LogP contribution < -0.4 is 16.0 Å². The van der Waals surface area contributed by atoms with Crippen molar-refractivity contribution in [2.45, 2.75) is 56.2 Å². The summed E-state index contributed by atoms with van der Waals surface area (Å²) in [4.78, 5) is 4.53. The van der Waals surface area contributed by atoms with E-state index in [2.05, 4.69) is 33.1 Å². The molecule has 2 aliphatic rings. The zero-order valence-corrected chi connectivity index (χ0v) is 20.7. The van der Waals surface area contributed by atoms with E-state index in [1.54, 1.807) is 13.3 Å². The fourth-order valence-electron chi connectivity index (χ4n) is 4.75. The first-order valence-electron chi connectivity index (χ1n) is 12.3. The third-order valence-electron chi connectivity index (χ3n) is 6.89. The number of hydrogen-bond acceptors (Lipinski definition) is 7. The highest BCUT2D eigenvalue weighted by atomic mass is 35.5. The SMILES string of the molecule is COCCNC1CCC(Nc2cc(-c3cccc(NCC4(O)CCOCC4)c3)c(Cl)cn2)CC1. The molecule has 7 nitrogen and oxygen atoms in total. The smallest absolute Gasteiger partial charge is 0.126 e. The Morgan fingerprint density at radius 3 is 2.68 bits per heavy atom. The minimum absolute atomic E-state index is 0.412. The lowest BCUT2D eigenvalue weighted by molar-refractivity contribution is -0.0543. The highest BCUT2D eigenvalue weighted by Gasteiger charge is 2.29. The van der Waals surface area contributed by atoms with Crippen LogP contribution in [0.1, 0.15) is 38.5 Å². The topological polar surface area (TPSA) is 87.7 Å². The highest BCUT2D eigenvalue weighted by Crippen LogP contribution is 2.32. The zero-order valence-electron chi connectivity index (χ0n) is 20.0. The molecule has 1 aromatic carbocycles. The van der Waals surface area contributed by atoms with Gasteiger partial charge in [0, 0.05) is 75.8 Å². The number of rotatable bonds is 10. The number of aromatic nitrogens is 1. The Balaban J connectivity index is 1.36. The van der Waals surface area contributed by atoms with Crippen molar-refractivity contribution in [3.8, 4) is 11.1 Å². The average molecular weight is 489 g/mol. The summed E-state index contributed by atoms with van der Waals surface area (Å²) in [5.41, 5.74) is 2.20. The van der Waals surface area contributed by atoms with Crippen LogP contribution in [0.2, 0.25) is 5.02 Å². The fourth-order valence-corrected chi connectivity index (χ4v) is 4.96.